The van der Waals surface area contributed by atoms with Crippen molar-refractivity contribution in [3.8, 4) is 0 Å². The lowest BCUT2D eigenvalue weighted by molar-refractivity contribution is 0.187. The molecule has 0 aliphatic heterocycles. The highest BCUT2D eigenvalue weighted by molar-refractivity contribution is 7.11. The number of aryl methyl sites for hydroxylation is 1. The van der Waals surface area contributed by atoms with E-state index in [1.165, 1.54) is 4.88 Å². The maximum atomic E-state index is 9.07. The molecule has 13 heavy (non-hydrogen) atoms. The first-order valence-electron chi connectivity index (χ1n) is 4.43. The Morgan fingerprint density at radius 1 is 1.62 bits per heavy atom. The molecule has 0 aliphatic carbocycles. The second-order valence-electron chi connectivity index (χ2n) is 3.29. The molecule has 0 spiro atoms. The lowest BCUT2D eigenvalue weighted by atomic mass is 10.3. The van der Waals surface area contributed by atoms with Crippen molar-refractivity contribution in [1.82, 2.24) is 10.3 Å². The number of nitrogens with one attached hydrogen (secondary N) is 1. The maximum Gasteiger partial charge on any atom is 0.109 e. The summed E-state index contributed by atoms with van der Waals surface area (Å²) < 4.78 is 0. The van der Waals surface area contributed by atoms with E-state index in [1.54, 1.807) is 18.3 Å². The molecule has 3 nitrogen and oxygen atoms in total. The van der Waals surface area contributed by atoms with Gasteiger partial charge in [0, 0.05) is 17.6 Å². The van der Waals surface area contributed by atoms with E-state index in [4.69, 9.17) is 5.11 Å². The van der Waals surface area contributed by atoms with Gasteiger partial charge < -0.3 is 10.4 Å². The zero-order chi connectivity index (χ0) is 9.84. The minimum atomic E-state index is -0.302. The first kappa shape index (κ1) is 10.6. The number of aliphatic hydroxyl groups is 1. The topological polar surface area (TPSA) is 45.2 Å². The van der Waals surface area contributed by atoms with E-state index in [2.05, 4.69) is 17.2 Å². The third-order valence-electron chi connectivity index (χ3n) is 1.73. The summed E-state index contributed by atoms with van der Waals surface area (Å²) in [6.45, 7) is 6.48. The van der Waals surface area contributed by atoms with Crippen LogP contribution in [0.15, 0.2) is 6.20 Å². The highest BCUT2D eigenvalue weighted by Crippen LogP contribution is 2.18. The van der Waals surface area contributed by atoms with Gasteiger partial charge in [-0.15, -0.1) is 11.3 Å². The lowest BCUT2D eigenvalue weighted by Gasteiger charge is -2.12. The summed E-state index contributed by atoms with van der Waals surface area (Å²) in [6.07, 6.45) is 1.57. The molecule has 0 bridgehead atoms. The standard InChI is InChI=1S/C9H16N2OS/c1-6(12)4-10-8(3)9-11-5-7(2)13-9/h5-6,8,10,12H,4H2,1-3H3/t6-,8?/m0/s1. The lowest BCUT2D eigenvalue weighted by Crippen LogP contribution is -2.26. The fraction of sp³-hybridized carbons (Fsp3) is 0.667. The van der Waals surface area contributed by atoms with Crippen LogP contribution in [0.2, 0.25) is 0 Å². The molecule has 2 atom stereocenters. The van der Waals surface area contributed by atoms with Crippen molar-refractivity contribution in [3.05, 3.63) is 16.1 Å². The van der Waals surface area contributed by atoms with Crippen molar-refractivity contribution in [2.45, 2.75) is 32.9 Å². The van der Waals surface area contributed by atoms with Crippen molar-refractivity contribution in [2.75, 3.05) is 6.54 Å². The summed E-state index contributed by atoms with van der Waals surface area (Å²) in [4.78, 5) is 5.49. The van der Waals surface area contributed by atoms with Gasteiger partial charge in [0.05, 0.1) is 12.1 Å². The maximum absolute atomic E-state index is 9.07. The Bertz CT molecular complexity index is 260. The van der Waals surface area contributed by atoms with Gasteiger partial charge in [-0.1, -0.05) is 0 Å². The second kappa shape index (κ2) is 4.69. The van der Waals surface area contributed by atoms with Crippen LogP contribution >= 0.6 is 11.3 Å². The quantitative estimate of drug-likeness (QED) is 0.774. The Kier molecular flexibility index (Phi) is 3.84. The van der Waals surface area contributed by atoms with Crippen LogP contribution < -0.4 is 5.32 Å². The van der Waals surface area contributed by atoms with E-state index < -0.39 is 0 Å². The number of nitrogens with zero attached hydrogens (tertiary/aromatic N) is 1. The van der Waals surface area contributed by atoms with Gasteiger partial charge in [-0.05, 0) is 20.8 Å². The summed E-state index contributed by atoms with van der Waals surface area (Å²) in [6, 6.07) is 0.230. The number of hydrogen-bond acceptors (Lipinski definition) is 4. The summed E-state index contributed by atoms with van der Waals surface area (Å²) in [5, 5.41) is 13.4. The van der Waals surface area contributed by atoms with Gasteiger partial charge in [0.1, 0.15) is 5.01 Å². The molecular formula is C9H16N2OS. The monoisotopic (exact) mass is 200 g/mol. The third-order valence-corrected chi connectivity index (χ3v) is 2.82. The van der Waals surface area contributed by atoms with Crippen molar-refractivity contribution >= 4 is 11.3 Å². The number of rotatable bonds is 4. The Morgan fingerprint density at radius 3 is 2.77 bits per heavy atom. The van der Waals surface area contributed by atoms with Gasteiger partial charge in [0.15, 0.2) is 0 Å². The Labute approximate surface area is 82.8 Å². The zero-order valence-corrected chi connectivity index (χ0v) is 9.06. The largest absolute Gasteiger partial charge is 0.392 e. The van der Waals surface area contributed by atoms with Crippen molar-refractivity contribution in [1.29, 1.82) is 0 Å². The van der Waals surface area contributed by atoms with Crippen LogP contribution in [0.25, 0.3) is 0 Å². The first-order chi connectivity index (χ1) is 6.09. The molecule has 74 valence electrons. The first-order valence-corrected chi connectivity index (χ1v) is 5.25. The summed E-state index contributed by atoms with van der Waals surface area (Å²) in [5.74, 6) is 0. The highest BCUT2D eigenvalue weighted by Gasteiger charge is 2.08. The van der Waals surface area contributed by atoms with Gasteiger partial charge in [-0.2, -0.15) is 0 Å². The van der Waals surface area contributed by atoms with E-state index in [1.807, 2.05) is 13.1 Å². The molecule has 0 saturated carbocycles. The third kappa shape index (κ3) is 3.42. The molecule has 1 rings (SSSR count). The molecule has 0 radical (unpaired) electrons. The van der Waals surface area contributed by atoms with Crippen LogP contribution in [0.4, 0.5) is 0 Å². The normalized spacial score (nSPS) is 15.7. The summed E-state index contributed by atoms with van der Waals surface area (Å²) in [5.41, 5.74) is 0. The van der Waals surface area contributed by atoms with Gasteiger partial charge in [-0.25, -0.2) is 4.98 Å². The van der Waals surface area contributed by atoms with E-state index >= 15 is 0 Å². The van der Waals surface area contributed by atoms with Crippen molar-refractivity contribution in [3.63, 3.8) is 0 Å². The predicted octanol–water partition coefficient (Wildman–Crippen LogP) is 1.48. The second-order valence-corrected chi connectivity index (χ2v) is 4.55. The molecule has 0 aromatic carbocycles. The molecule has 1 heterocycles. The molecule has 0 aliphatic rings. The number of thiazole rings is 1. The number of hydrogen-bond donors (Lipinski definition) is 2. The van der Waals surface area contributed by atoms with E-state index in [0.29, 0.717) is 6.54 Å². The Morgan fingerprint density at radius 2 is 2.31 bits per heavy atom. The van der Waals surface area contributed by atoms with Crippen LogP contribution in [-0.2, 0) is 0 Å². The minimum absolute atomic E-state index is 0.230. The summed E-state index contributed by atoms with van der Waals surface area (Å²) >= 11 is 1.69. The van der Waals surface area contributed by atoms with Crippen molar-refractivity contribution < 1.29 is 5.11 Å². The van der Waals surface area contributed by atoms with Crippen LogP contribution in [0.1, 0.15) is 29.8 Å². The average Bonchev–Trinajstić information content (AvgIpc) is 2.47. The van der Waals surface area contributed by atoms with E-state index in [0.717, 1.165) is 5.01 Å². The van der Waals surface area contributed by atoms with Crippen LogP contribution in [0, 0.1) is 6.92 Å². The smallest absolute Gasteiger partial charge is 0.109 e. The van der Waals surface area contributed by atoms with Gasteiger partial charge in [-0.3, -0.25) is 0 Å². The molecule has 1 aromatic rings. The van der Waals surface area contributed by atoms with E-state index in [-0.39, 0.29) is 12.1 Å². The molecule has 1 aromatic heterocycles. The molecule has 0 saturated heterocycles. The van der Waals surface area contributed by atoms with Crippen LogP contribution in [0.3, 0.4) is 0 Å². The number of aliphatic hydroxyl groups excluding tert-OH is 1. The molecule has 0 fully saturated rings. The Balaban J connectivity index is 2.44. The fourth-order valence-corrected chi connectivity index (χ4v) is 1.81. The highest BCUT2D eigenvalue weighted by atomic mass is 32.1. The number of aromatic nitrogens is 1. The fourth-order valence-electron chi connectivity index (χ4n) is 1.01. The summed E-state index contributed by atoms with van der Waals surface area (Å²) in [7, 11) is 0. The molecule has 1 unspecified atom stereocenters. The molecular weight excluding hydrogens is 184 g/mol. The van der Waals surface area contributed by atoms with Crippen molar-refractivity contribution in [2.24, 2.45) is 0 Å². The average molecular weight is 200 g/mol. The van der Waals surface area contributed by atoms with Crippen LogP contribution in [0.5, 0.6) is 0 Å². The minimum Gasteiger partial charge on any atom is -0.392 e. The van der Waals surface area contributed by atoms with E-state index in [9.17, 15) is 0 Å². The Hall–Kier alpha value is -0.450. The van der Waals surface area contributed by atoms with Gasteiger partial charge in [0.25, 0.3) is 0 Å². The SMILES string of the molecule is Cc1cnc(C(C)NC[C@H](C)O)s1. The molecule has 4 heteroatoms. The predicted molar refractivity (Wildman–Crippen MR) is 54.9 cm³/mol. The van der Waals surface area contributed by atoms with Gasteiger partial charge >= 0.3 is 0 Å². The zero-order valence-electron chi connectivity index (χ0n) is 8.24. The molecule has 0 amide bonds. The van der Waals surface area contributed by atoms with Crippen LogP contribution in [-0.4, -0.2) is 22.7 Å². The molecule has 2 N–H and O–H groups in total. The van der Waals surface area contributed by atoms with Gasteiger partial charge in [0.2, 0.25) is 0 Å².